The van der Waals surface area contributed by atoms with Crippen molar-refractivity contribution in [1.82, 2.24) is 9.55 Å². The van der Waals surface area contributed by atoms with Crippen LogP contribution in [-0.2, 0) is 11.2 Å². The second-order valence-electron chi connectivity index (χ2n) is 6.14. The van der Waals surface area contributed by atoms with Gasteiger partial charge in [0.1, 0.15) is 5.82 Å². The molecule has 0 aliphatic carbocycles. The number of nitrogens with zero attached hydrogens (tertiary/aromatic N) is 2. The number of rotatable bonds is 6. The highest BCUT2D eigenvalue weighted by Crippen LogP contribution is 2.25. The third-order valence-electron chi connectivity index (χ3n) is 3.76. The Morgan fingerprint density at radius 2 is 2.00 bits per heavy atom. The van der Waals surface area contributed by atoms with Crippen molar-refractivity contribution < 1.29 is 9.90 Å². The number of aliphatic carboxylic acids is 1. The molecule has 0 bridgehead atoms. The minimum atomic E-state index is -0.746. The Kier molecular flexibility index (Phi) is 4.66. The molecule has 2 rings (SSSR count). The van der Waals surface area contributed by atoms with E-state index in [0.717, 1.165) is 16.9 Å². The molecular formula is C17H24N2O2. The molecule has 0 atom stereocenters. The molecule has 1 aromatic carbocycles. The quantitative estimate of drug-likeness (QED) is 0.868. The van der Waals surface area contributed by atoms with Crippen molar-refractivity contribution in [2.45, 2.75) is 58.9 Å². The largest absolute Gasteiger partial charge is 0.481 e. The Morgan fingerprint density at radius 3 is 2.57 bits per heavy atom. The number of hydrogen-bond donors (Lipinski definition) is 1. The van der Waals surface area contributed by atoms with Crippen LogP contribution in [0, 0.1) is 0 Å². The molecular weight excluding hydrogens is 264 g/mol. The second-order valence-corrected chi connectivity index (χ2v) is 6.14. The van der Waals surface area contributed by atoms with Crippen molar-refractivity contribution in [2.24, 2.45) is 0 Å². The molecule has 0 unspecified atom stereocenters. The maximum Gasteiger partial charge on any atom is 0.303 e. The lowest BCUT2D eigenvalue weighted by molar-refractivity contribution is -0.137. The smallest absolute Gasteiger partial charge is 0.303 e. The molecule has 0 amide bonds. The molecule has 4 nitrogen and oxygen atoms in total. The summed E-state index contributed by atoms with van der Waals surface area (Å²) in [4.78, 5) is 15.4. The fourth-order valence-corrected chi connectivity index (χ4v) is 2.68. The molecule has 0 spiro atoms. The first-order valence-corrected chi connectivity index (χ1v) is 7.62. The Morgan fingerprint density at radius 1 is 1.29 bits per heavy atom. The average Bonchev–Trinajstić information content (AvgIpc) is 2.75. The first-order chi connectivity index (χ1) is 9.90. The van der Waals surface area contributed by atoms with Gasteiger partial charge >= 0.3 is 5.97 Å². The predicted molar refractivity (Wildman–Crippen MR) is 84.8 cm³/mol. The molecule has 114 valence electrons. The van der Waals surface area contributed by atoms with E-state index in [1.165, 1.54) is 5.56 Å². The molecule has 1 N–H and O–H groups in total. The van der Waals surface area contributed by atoms with Crippen LogP contribution in [0.1, 0.15) is 63.9 Å². The van der Waals surface area contributed by atoms with E-state index in [-0.39, 0.29) is 6.42 Å². The Hall–Kier alpha value is -1.84. The van der Waals surface area contributed by atoms with E-state index in [1.807, 2.05) is 0 Å². The summed E-state index contributed by atoms with van der Waals surface area (Å²) in [6.07, 6.45) is 1.52. The van der Waals surface area contributed by atoms with E-state index in [9.17, 15) is 4.79 Å². The number of benzene rings is 1. The maximum atomic E-state index is 10.7. The fraction of sp³-hybridized carbons (Fsp3) is 0.529. The van der Waals surface area contributed by atoms with Gasteiger partial charge in [0.2, 0.25) is 0 Å². The van der Waals surface area contributed by atoms with E-state index in [0.29, 0.717) is 24.8 Å². The minimum absolute atomic E-state index is 0.193. The number of aryl methyl sites for hydroxylation is 1. The summed E-state index contributed by atoms with van der Waals surface area (Å²) < 4.78 is 2.22. The first kappa shape index (κ1) is 15.5. The van der Waals surface area contributed by atoms with Crippen molar-refractivity contribution in [2.75, 3.05) is 0 Å². The van der Waals surface area contributed by atoms with Gasteiger partial charge in [-0.1, -0.05) is 19.9 Å². The van der Waals surface area contributed by atoms with Crippen LogP contribution in [0.2, 0.25) is 0 Å². The zero-order chi connectivity index (χ0) is 15.6. The summed E-state index contributed by atoms with van der Waals surface area (Å²) in [6, 6.07) is 6.77. The molecule has 0 aliphatic rings. The molecule has 4 heteroatoms. The summed E-state index contributed by atoms with van der Waals surface area (Å²) in [5.74, 6) is 0.723. The van der Waals surface area contributed by atoms with Crippen LogP contribution in [0.4, 0.5) is 0 Å². The monoisotopic (exact) mass is 288 g/mol. The van der Waals surface area contributed by atoms with Crippen molar-refractivity contribution in [3.63, 3.8) is 0 Å². The molecule has 21 heavy (non-hydrogen) atoms. The lowest BCUT2D eigenvalue weighted by Crippen LogP contribution is -2.07. The van der Waals surface area contributed by atoms with E-state index in [4.69, 9.17) is 10.1 Å². The van der Waals surface area contributed by atoms with Crippen LogP contribution in [0.5, 0.6) is 0 Å². The Balaban J connectivity index is 2.39. The number of aromatic nitrogens is 2. The molecule has 0 radical (unpaired) electrons. The van der Waals surface area contributed by atoms with E-state index < -0.39 is 5.97 Å². The zero-order valence-electron chi connectivity index (χ0n) is 13.3. The first-order valence-electron chi connectivity index (χ1n) is 7.62. The Labute approximate surface area is 125 Å². The molecule has 0 saturated heterocycles. The highest BCUT2D eigenvalue weighted by molar-refractivity contribution is 5.77. The fourth-order valence-electron chi connectivity index (χ4n) is 2.68. The standard InChI is InChI=1S/C17H24N2O2/c1-11(2)13-8-9-15-14(10-13)18-16(19(15)12(3)4)6-5-7-17(20)21/h8-12H,5-7H2,1-4H3,(H,20,21). The number of fused-ring (bicyclic) bond motifs is 1. The second kappa shape index (κ2) is 6.29. The molecule has 1 heterocycles. The molecule has 0 saturated carbocycles. The third kappa shape index (κ3) is 3.43. The van der Waals surface area contributed by atoms with Gasteiger partial charge in [0.15, 0.2) is 0 Å². The summed E-state index contributed by atoms with van der Waals surface area (Å²) in [6.45, 7) is 8.62. The minimum Gasteiger partial charge on any atom is -0.481 e. The van der Waals surface area contributed by atoms with Gasteiger partial charge in [-0.15, -0.1) is 0 Å². The number of carboxylic acids is 1. The van der Waals surface area contributed by atoms with Gasteiger partial charge in [-0.2, -0.15) is 0 Å². The van der Waals surface area contributed by atoms with Gasteiger partial charge in [-0.3, -0.25) is 4.79 Å². The summed E-state index contributed by atoms with van der Waals surface area (Å²) in [7, 11) is 0. The van der Waals surface area contributed by atoms with Crippen molar-refractivity contribution >= 4 is 17.0 Å². The maximum absolute atomic E-state index is 10.7. The summed E-state index contributed by atoms with van der Waals surface area (Å²) in [5.41, 5.74) is 3.44. The predicted octanol–water partition coefficient (Wildman–Crippen LogP) is 4.15. The van der Waals surface area contributed by atoms with Crippen molar-refractivity contribution in [1.29, 1.82) is 0 Å². The SMILES string of the molecule is CC(C)c1ccc2c(c1)nc(CCCC(=O)O)n2C(C)C. The molecule has 0 aliphatic heterocycles. The zero-order valence-corrected chi connectivity index (χ0v) is 13.3. The van der Waals surface area contributed by atoms with Crippen molar-refractivity contribution in [3.05, 3.63) is 29.6 Å². The number of imidazole rings is 1. The topological polar surface area (TPSA) is 55.1 Å². The van der Waals surface area contributed by atoms with E-state index >= 15 is 0 Å². The van der Waals surface area contributed by atoms with Crippen LogP contribution in [0.3, 0.4) is 0 Å². The number of carbonyl (C=O) groups is 1. The number of carboxylic acid groups (broad SMARTS) is 1. The van der Waals surface area contributed by atoms with Crippen LogP contribution >= 0.6 is 0 Å². The lowest BCUT2D eigenvalue weighted by atomic mass is 10.0. The van der Waals surface area contributed by atoms with Gasteiger partial charge in [-0.25, -0.2) is 4.98 Å². The normalized spacial score (nSPS) is 11.7. The van der Waals surface area contributed by atoms with E-state index in [2.05, 4.69) is 50.5 Å². The van der Waals surface area contributed by atoms with Gasteiger partial charge in [0.05, 0.1) is 11.0 Å². The van der Waals surface area contributed by atoms with Gasteiger partial charge < -0.3 is 9.67 Å². The third-order valence-corrected chi connectivity index (χ3v) is 3.76. The van der Waals surface area contributed by atoms with Crippen LogP contribution < -0.4 is 0 Å². The highest BCUT2D eigenvalue weighted by Gasteiger charge is 2.14. The number of hydrogen-bond acceptors (Lipinski definition) is 2. The average molecular weight is 288 g/mol. The lowest BCUT2D eigenvalue weighted by Gasteiger charge is -2.13. The highest BCUT2D eigenvalue weighted by atomic mass is 16.4. The summed E-state index contributed by atoms with van der Waals surface area (Å²) >= 11 is 0. The van der Waals surface area contributed by atoms with Crippen LogP contribution in [0.15, 0.2) is 18.2 Å². The molecule has 2 aromatic rings. The van der Waals surface area contributed by atoms with Gasteiger partial charge in [-0.05, 0) is 43.9 Å². The molecule has 0 fully saturated rings. The van der Waals surface area contributed by atoms with Crippen LogP contribution in [0.25, 0.3) is 11.0 Å². The van der Waals surface area contributed by atoms with E-state index in [1.54, 1.807) is 0 Å². The van der Waals surface area contributed by atoms with Gasteiger partial charge in [0.25, 0.3) is 0 Å². The van der Waals surface area contributed by atoms with Crippen molar-refractivity contribution in [3.8, 4) is 0 Å². The van der Waals surface area contributed by atoms with Gasteiger partial charge in [0, 0.05) is 18.9 Å². The Bertz CT molecular complexity index is 642. The summed E-state index contributed by atoms with van der Waals surface area (Å²) in [5, 5.41) is 8.78. The van der Waals surface area contributed by atoms with Crippen LogP contribution in [-0.4, -0.2) is 20.6 Å². The molecule has 1 aromatic heterocycles.